The SMILES string of the molecule is CCCCCCCCCCCCCCCCCCC(C)C([NH])=S. The molecule has 0 aliphatic heterocycles. The molecule has 2 heteroatoms. The minimum atomic E-state index is 0.316. The summed E-state index contributed by atoms with van der Waals surface area (Å²) in [7, 11) is 0. The molecule has 0 aliphatic carbocycles. The number of hydrogen-bond donors (Lipinski definition) is 0. The molecule has 1 radical (unpaired) electrons. The Hall–Kier alpha value is -0.110. The maximum Gasteiger partial charge on any atom is 0.0968 e. The van der Waals surface area contributed by atoms with E-state index >= 15 is 0 Å². The molecule has 0 aliphatic rings. The lowest BCUT2D eigenvalue weighted by Gasteiger charge is -2.07. The van der Waals surface area contributed by atoms with Crippen molar-refractivity contribution in [2.45, 2.75) is 123 Å². The van der Waals surface area contributed by atoms with Gasteiger partial charge in [0.25, 0.3) is 0 Å². The van der Waals surface area contributed by atoms with Crippen molar-refractivity contribution in [2.75, 3.05) is 0 Å². The van der Waals surface area contributed by atoms with E-state index < -0.39 is 0 Å². The van der Waals surface area contributed by atoms with Gasteiger partial charge in [-0.05, 0) is 6.42 Å². The Labute approximate surface area is 152 Å². The summed E-state index contributed by atoms with van der Waals surface area (Å²) in [5.74, 6) is 0.316. The monoisotopic (exact) mass is 340 g/mol. The van der Waals surface area contributed by atoms with E-state index in [-0.39, 0.29) is 0 Å². The molecule has 1 unspecified atom stereocenters. The highest BCUT2D eigenvalue weighted by molar-refractivity contribution is 7.80. The predicted molar refractivity (Wildman–Crippen MR) is 109 cm³/mol. The highest BCUT2D eigenvalue weighted by Crippen LogP contribution is 2.15. The second-order valence-electron chi connectivity index (χ2n) is 7.36. The number of nitrogens with one attached hydrogen (secondary N) is 1. The molecule has 0 saturated carbocycles. The van der Waals surface area contributed by atoms with Gasteiger partial charge in [0, 0.05) is 5.92 Å². The van der Waals surface area contributed by atoms with Crippen LogP contribution in [0.5, 0.6) is 0 Å². The molecule has 0 bridgehead atoms. The van der Waals surface area contributed by atoms with E-state index in [1.165, 1.54) is 103 Å². The number of unbranched alkanes of at least 4 members (excludes halogenated alkanes) is 15. The van der Waals surface area contributed by atoms with E-state index in [0.29, 0.717) is 10.9 Å². The second kappa shape index (κ2) is 18.2. The van der Waals surface area contributed by atoms with Gasteiger partial charge >= 0.3 is 0 Å². The molecule has 0 saturated heterocycles. The average molecular weight is 341 g/mol. The first-order valence-corrected chi connectivity index (χ1v) is 10.8. The third kappa shape index (κ3) is 18.1. The normalized spacial score (nSPS) is 12.4. The van der Waals surface area contributed by atoms with Crippen molar-refractivity contribution in [3.63, 3.8) is 0 Å². The Bertz CT molecular complexity index is 252. The molecule has 137 valence electrons. The Kier molecular flexibility index (Phi) is 18.1. The van der Waals surface area contributed by atoms with Gasteiger partial charge in [-0.2, -0.15) is 0 Å². The molecule has 1 nitrogen and oxygen atoms in total. The molecule has 0 aromatic heterocycles. The zero-order valence-electron chi connectivity index (χ0n) is 16.0. The van der Waals surface area contributed by atoms with Gasteiger partial charge in [0.1, 0.15) is 0 Å². The maximum atomic E-state index is 7.41. The zero-order chi connectivity index (χ0) is 17.2. The molecule has 0 rings (SSSR count). The third-order valence-corrected chi connectivity index (χ3v) is 5.34. The largest absolute Gasteiger partial charge is 0.293 e. The first-order valence-electron chi connectivity index (χ1n) is 10.4. The van der Waals surface area contributed by atoms with Crippen LogP contribution in [-0.4, -0.2) is 4.99 Å². The molecule has 0 aromatic rings. The van der Waals surface area contributed by atoms with E-state index in [1.807, 2.05) is 0 Å². The summed E-state index contributed by atoms with van der Waals surface area (Å²) >= 11 is 4.90. The lowest BCUT2D eigenvalue weighted by atomic mass is 10.0. The van der Waals surface area contributed by atoms with Crippen molar-refractivity contribution >= 4 is 17.2 Å². The Morgan fingerprint density at radius 1 is 0.652 bits per heavy atom. The fourth-order valence-corrected chi connectivity index (χ4v) is 3.25. The Morgan fingerprint density at radius 3 is 1.26 bits per heavy atom. The summed E-state index contributed by atoms with van der Waals surface area (Å²) in [5, 5.41) is 0. The van der Waals surface area contributed by atoms with Gasteiger partial charge in [-0.3, -0.25) is 5.73 Å². The molecule has 1 N–H and O–H groups in total. The summed E-state index contributed by atoms with van der Waals surface area (Å²) in [6, 6.07) is 0. The summed E-state index contributed by atoms with van der Waals surface area (Å²) < 4.78 is 0. The predicted octanol–water partition coefficient (Wildman–Crippen LogP) is 7.88. The van der Waals surface area contributed by atoms with E-state index in [9.17, 15) is 0 Å². The van der Waals surface area contributed by atoms with Crippen LogP contribution in [0.25, 0.3) is 0 Å². The standard InChI is InChI=1S/C21H42NS/c1-3-4-5-6-7-8-9-10-11-12-13-14-15-16-17-18-19-20(2)21(22)23/h20,22H,3-19H2,1-2H3. The quantitative estimate of drug-likeness (QED) is 0.184. The van der Waals surface area contributed by atoms with Crippen molar-refractivity contribution < 1.29 is 0 Å². The van der Waals surface area contributed by atoms with E-state index in [0.717, 1.165) is 6.42 Å². The average Bonchev–Trinajstić information content (AvgIpc) is 2.54. The molecule has 1 atom stereocenters. The topological polar surface area (TPSA) is 23.8 Å². The van der Waals surface area contributed by atoms with Crippen LogP contribution in [0.4, 0.5) is 0 Å². The number of rotatable bonds is 18. The van der Waals surface area contributed by atoms with Crippen molar-refractivity contribution in [1.29, 1.82) is 0 Å². The lowest BCUT2D eigenvalue weighted by molar-refractivity contribution is 0.521. The van der Waals surface area contributed by atoms with Crippen LogP contribution in [0, 0.1) is 5.92 Å². The minimum Gasteiger partial charge on any atom is -0.293 e. The molecule has 0 amide bonds. The Balaban J connectivity index is 3.04. The molecule has 23 heavy (non-hydrogen) atoms. The van der Waals surface area contributed by atoms with Crippen LogP contribution >= 0.6 is 12.2 Å². The summed E-state index contributed by atoms with van der Waals surface area (Å²) in [6.07, 6.45) is 23.7. The fraction of sp³-hybridized carbons (Fsp3) is 0.952. The summed E-state index contributed by atoms with van der Waals surface area (Å²) in [4.78, 5) is 0.436. The van der Waals surface area contributed by atoms with Gasteiger partial charge in [-0.1, -0.05) is 129 Å². The summed E-state index contributed by atoms with van der Waals surface area (Å²) in [6.45, 7) is 4.37. The molecular formula is C21H42NS. The van der Waals surface area contributed by atoms with Gasteiger partial charge in [0.2, 0.25) is 0 Å². The van der Waals surface area contributed by atoms with Crippen molar-refractivity contribution in [3.05, 3.63) is 0 Å². The smallest absolute Gasteiger partial charge is 0.0968 e. The highest BCUT2D eigenvalue weighted by Gasteiger charge is 2.04. The van der Waals surface area contributed by atoms with Crippen LogP contribution in [0.1, 0.15) is 123 Å². The zero-order valence-corrected chi connectivity index (χ0v) is 16.8. The fourth-order valence-electron chi connectivity index (χ4n) is 3.13. The molecular weight excluding hydrogens is 298 g/mol. The van der Waals surface area contributed by atoms with Gasteiger partial charge in [-0.25, -0.2) is 0 Å². The number of thiocarbonyl (C=S) groups is 1. The van der Waals surface area contributed by atoms with Crippen LogP contribution in [0.3, 0.4) is 0 Å². The first-order chi connectivity index (χ1) is 11.2. The molecule has 0 spiro atoms. The Morgan fingerprint density at radius 2 is 0.957 bits per heavy atom. The van der Waals surface area contributed by atoms with Crippen LogP contribution < -0.4 is 5.73 Å². The van der Waals surface area contributed by atoms with Crippen molar-refractivity contribution in [2.24, 2.45) is 5.92 Å². The van der Waals surface area contributed by atoms with E-state index in [1.54, 1.807) is 0 Å². The minimum absolute atomic E-state index is 0.316. The molecule has 0 heterocycles. The molecule has 0 fully saturated rings. The van der Waals surface area contributed by atoms with Crippen LogP contribution in [0.15, 0.2) is 0 Å². The lowest BCUT2D eigenvalue weighted by Crippen LogP contribution is -2.08. The van der Waals surface area contributed by atoms with Crippen LogP contribution in [-0.2, 0) is 0 Å². The molecule has 0 aromatic carbocycles. The van der Waals surface area contributed by atoms with E-state index in [2.05, 4.69) is 13.8 Å². The maximum absolute atomic E-state index is 7.41. The number of hydrogen-bond acceptors (Lipinski definition) is 1. The second-order valence-corrected chi connectivity index (χ2v) is 7.80. The van der Waals surface area contributed by atoms with Gasteiger partial charge in [0.05, 0.1) is 4.99 Å². The highest BCUT2D eigenvalue weighted by atomic mass is 32.1. The van der Waals surface area contributed by atoms with Crippen molar-refractivity contribution in [3.8, 4) is 0 Å². The van der Waals surface area contributed by atoms with Crippen molar-refractivity contribution in [1.82, 2.24) is 5.73 Å². The first kappa shape index (κ1) is 22.9. The van der Waals surface area contributed by atoms with Gasteiger partial charge in [0.15, 0.2) is 0 Å². The van der Waals surface area contributed by atoms with E-state index in [4.69, 9.17) is 18.0 Å². The third-order valence-electron chi connectivity index (χ3n) is 4.94. The van der Waals surface area contributed by atoms with Gasteiger partial charge < -0.3 is 0 Å². The summed E-state index contributed by atoms with van der Waals surface area (Å²) in [5.41, 5.74) is 7.41. The van der Waals surface area contributed by atoms with Gasteiger partial charge in [-0.15, -0.1) is 0 Å². The van der Waals surface area contributed by atoms with Crippen LogP contribution in [0.2, 0.25) is 0 Å².